The van der Waals surface area contributed by atoms with Gasteiger partial charge in [0.05, 0.1) is 18.3 Å². The molecule has 0 saturated carbocycles. The van der Waals surface area contributed by atoms with Gasteiger partial charge in [0.25, 0.3) is 5.91 Å². The number of hydrogen-bond acceptors (Lipinski definition) is 5. The monoisotopic (exact) mass is 346 g/mol. The fourth-order valence-corrected chi connectivity index (χ4v) is 3.32. The molecule has 2 heterocycles. The molecule has 1 atom stereocenters. The third-order valence-electron chi connectivity index (χ3n) is 4.42. The number of carbonyl (C=O) groups excluding carboxylic acids is 1. The Labute approximate surface area is 145 Å². The lowest BCUT2D eigenvalue weighted by atomic mass is 10.0. The van der Waals surface area contributed by atoms with Crippen molar-refractivity contribution in [3.05, 3.63) is 41.7 Å². The summed E-state index contributed by atoms with van der Waals surface area (Å²) in [6.07, 6.45) is 4.90. The maximum atomic E-state index is 12.6. The molecule has 1 aliphatic rings. The molecule has 6 nitrogen and oxygen atoms in total. The summed E-state index contributed by atoms with van der Waals surface area (Å²) >= 11 is 1.67. The molecule has 24 heavy (non-hydrogen) atoms. The molecule has 0 radical (unpaired) electrons. The predicted molar refractivity (Wildman–Crippen MR) is 93.1 cm³/mol. The summed E-state index contributed by atoms with van der Waals surface area (Å²) in [6.45, 7) is 3.09. The third kappa shape index (κ3) is 3.62. The van der Waals surface area contributed by atoms with Crippen molar-refractivity contribution >= 4 is 17.7 Å². The number of nitrogens with zero attached hydrogens (tertiary/aromatic N) is 4. The van der Waals surface area contributed by atoms with Crippen molar-refractivity contribution in [3.63, 3.8) is 0 Å². The zero-order chi connectivity index (χ0) is 17.1. The Morgan fingerprint density at radius 3 is 2.50 bits per heavy atom. The van der Waals surface area contributed by atoms with Crippen molar-refractivity contribution < 1.29 is 9.90 Å². The van der Waals surface area contributed by atoms with E-state index in [9.17, 15) is 9.90 Å². The molecular weight excluding hydrogens is 324 g/mol. The highest BCUT2D eigenvalue weighted by Gasteiger charge is 2.25. The summed E-state index contributed by atoms with van der Waals surface area (Å²) in [5.74, 6) is 0.0874. The summed E-state index contributed by atoms with van der Waals surface area (Å²) in [6, 6.07) is 7.99. The SMILES string of the molecule is CSc1ccc(C(=O)N2CCC(n3cc(C(C)O)nn3)CC2)cc1. The molecule has 1 N–H and O–H groups in total. The van der Waals surface area contributed by atoms with Crippen molar-refractivity contribution in [2.24, 2.45) is 0 Å². The van der Waals surface area contributed by atoms with Gasteiger partial charge in [-0.2, -0.15) is 0 Å². The lowest BCUT2D eigenvalue weighted by Gasteiger charge is -2.32. The van der Waals surface area contributed by atoms with Crippen LogP contribution in [0.5, 0.6) is 0 Å². The largest absolute Gasteiger partial charge is 0.387 e. The van der Waals surface area contributed by atoms with E-state index in [0.29, 0.717) is 18.8 Å². The minimum Gasteiger partial charge on any atom is -0.387 e. The fourth-order valence-electron chi connectivity index (χ4n) is 2.91. The average molecular weight is 346 g/mol. The molecule has 1 aromatic carbocycles. The van der Waals surface area contributed by atoms with Gasteiger partial charge in [-0.05, 0) is 50.3 Å². The molecule has 1 saturated heterocycles. The molecule has 128 valence electrons. The Morgan fingerprint density at radius 1 is 1.29 bits per heavy atom. The molecule has 1 aliphatic heterocycles. The van der Waals surface area contributed by atoms with Crippen LogP contribution in [0.4, 0.5) is 0 Å². The molecule has 1 aromatic heterocycles. The number of aromatic nitrogens is 3. The molecule has 7 heteroatoms. The molecule has 0 bridgehead atoms. The van der Waals surface area contributed by atoms with E-state index in [4.69, 9.17) is 0 Å². The first-order valence-electron chi connectivity index (χ1n) is 8.11. The molecule has 2 aromatic rings. The van der Waals surface area contributed by atoms with Crippen LogP contribution in [0.3, 0.4) is 0 Å². The lowest BCUT2D eigenvalue weighted by molar-refractivity contribution is 0.0689. The number of likely N-dealkylation sites (tertiary alicyclic amines) is 1. The second-order valence-corrected chi connectivity index (χ2v) is 6.93. The van der Waals surface area contributed by atoms with Gasteiger partial charge in [-0.1, -0.05) is 5.21 Å². The fraction of sp³-hybridized carbons (Fsp3) is 0.471. The van der Waals surface area contributed by atoms with Crippen molar-refractivity contribution in [1.82, 2.24) is 19.9 Å². The van der Waals surface area contributed by atoms with Gasteiger partial charge >= 0.3 is 0 Å². The van der Waals surface area contributed by atoms with Gasteiger partial charge in [-0.15, -0.1) is 16.9 Å². The van der Waals surface area contributed by atoms with Crippen LogP contribution in [-0.4, -0.2) is 50.3 Å². The van der Waals surface area contributed by atoms with Crippen LogP contribution in [0.25, 0.3) is 0 Å². The maximum Gasteiger partial charge on any atom is 0.253 e. The van der Waals surface area contributed by atoms with Crippen LogP contribution in [-0.2, 0) is 0 Å². The first kappa shape index (κ1) is 17.0. The molecule has 1 amide bonds. The number of piperidine rings is 1. The Balaban J connectivity index is 1.60. The Bertz CT molecular complexity index is 691. The van der Waals surface area contributed by atoms with Crippen molar-refractivity contribution in [3.8, 4) is 0 Å². The summed E-state index contributed by atoms with van der Waals surface area (Å²) in [7, 11) is 0. The zero-order valence-electron chi connectivity index (χ0n) is 13.9. The molecular formula is C17H22N4O2S. The number of benzene rings is 1. The Morgan fingerprint density at radius 2 is 1.96 bits per heavy atom. The summed E-state index contributed by atoms with van der Waals surface area (Å²) in [5.41, 5.74) is 1.32. The summed E-state index contributed by atoms with van der Waals surface area (Å²) < 4.78 is 1.82. The number of rotatable bonds is 4. The van der Waals surface area contributed by atoms with Crippen LogP contribution in [0.2, 0.25) is 0 Å². The number of thioether (sulfide) groups is 1. The average Bonchev–Trinajstić information content (AvgIpc) is 3.12. The van der Waals surface area contributed by atoms with E-state index in [-0.39, 0.29) is 11.9 Å². The quantitative estimate of drug-likeness (QED) is 0.862. The van der Waals surface area contributed by atoms with E-state index in [1.807, 2.05) is 40.1 Å². The Hall–Kier alpha value is -1.86. The van der Waals surface area contributed by atoms with Gasteiger partial charge < -0.3 is 10.0 Å². The van der Waals surface area contributed by atoms with Crippen LogP contribution in [0.15, 0.2) is 35.4 Å². The molecule has 0 aliphatic carbocycles. The maximum absolute atomic E-state index is 12.6. The van der Waals surface area contributed by atoms with Gasteiger partial charge in [0.15, 0.2) is 0 Å². The minimum absolute atomic E-state index is 0.0874. The van der Waals surface area contributed by atoms with Crippen molar-refractivity contribution in [2.45, 2.75) is 36.8 Å². The third-order valence-corrected chi connectivity index (χ3v) is 5.16. The standard InChI is InChI=1S/C17H22N4O2S/c1-12(22)16-11-21(19-18-16)14-7-9-20(10-8-14)17(23)13-3-5-15(24-2)6-4-13/h3-6,11-12,14,22H,7-10H2,1-2H3. The minimum atomic E-state index is -0.607. The van der Waals surface area contributed by atoms with E-state index in [1.54, 1.807) is 24.9 Å². The Kier molecular flexibility index (Phi) is 5.20. The van der Waals surface area contributed by atoms with E-state index in [0.717, 1.165) is 23.3 Å². The zero-order valence-corrected chi connectivity index (χ0v) is 14.7. The van der Waals surface area contributed by atoms with Crippen molar-refractivity contribution in [1.29, 1.82) is 0 Å². The first-order chi connectivity index (χ1) is 11.6. The highest BCUT2D eigenvalue weighted by molar-refractivity contribution is 7.98. The molecule has 0 spiro atoms. The number of aliphatic hydroxyl groups excluding tert-OH is 1. The van der Waals surface area contributed by atoms with Gasteiger partial charge in [-0.25, -0.2) is 4.68 Å². The smallest absolute Gasteiger partial charge is 0.253 e. The van der Waals surface area contributed by atoms with Crippen LogP contribution < -0.4 is 0 Å². The number of aliphatic hydroxyl groups is 1. The van der Waals surface area contributed by atoms with Crippen LogP contribution in [0, 0.1) is 0 Å². The van der Waals surface area contributed by atoms with E-state index < -0.39 is 6.10 Å². The molecule has 3 rings (SSSR count). The van der Waals surface area contributed by atoms with Gasteiger partial charge in [0, 0.05) is 23.5 Å². The molecule has 1 fully saturated rings. The van der Waals surface area contributed by atoms with Gasteiger partial charge in [0.1, 0.15) is 5.69 Å². The summed E-state index contributed by atoms with van der Waals surface area (Å²) in [5, 5.41) is 17.6. The highest BCUT2D eigenvalue weighted by Crippen LogP contribution is 2.24. The van der Waals surface area contributed by atoms with Crippen LogP contribution in [0.1, 0.15) is 48.0 Å². The second-order valence-electron chi connectivity index (χ2n) is 6.05. The van der Waals surface area contributed by atoms with Gasteiger partial charge in [-0.3, -0.25) is 4.79 Å². The second kappa shape index (κ2) is 7.36. The normalized spacial score (nSPS) is 17.0. The summed E-state index contributed by atoms with van der Waals surface area (Å²) in [4.78, 5) is 15.6. The lowest BCUT2D eigenvalue weighted by Crippen LogP contribution is -2.39. The predicted octanol–water partition coefficient (Wildman–Crippen LogP) is 2.53. The topological polar surface area (TPSA) is 71.2 Å². The number of hydrogen-bond donors (Lipinski definition) is 1. The van der Waals surface area contributed by atoms with E-state index >= 15 is 0 Å². The number of amides is 1. The molecule has 1 unspecified atom stereocenters. The van der Waals surface area contributed by atoms with E-state index in [1.165, 1.54) is 0 Å². The number of carbonyl (C=O) groups is 1. The van der Waals surface area contributed by atoms with Crippen LogP contribution >= 0.6 is 11.8 Å². The van der Waals surface area contributed by atoms with Crippen molar-refractivity contribution in [2.75, 3.05) is 19.3 Å². The highest BCUT2D eigenvalue weighted by atomic mass is 32.2. The first-order valence-corrected chi connectivity index (χ1v) is 9.34. The van der Waals surface area contributed by atoms with E-state index in [2.05, 4.69) is 10.3 Å². The van der Waals surface area contributed by atoms with Gasteiger partial charge in [0.2, 0.25) is 0 Å².